The van der Waals surface area contributed by atoms with E-state index in [4.69, 9.17) is 9.47 Å². The van der Waals surface area contributed by atoms with Gasteiger partial charge in [-0.25, -0.2) is 0 Å². The molecule has 1 saturated heterocycles. The Bertz CT molecular complexity index is 180. The minimum Gasteiger partial charge on any atom is -0.459 e. The monoisotopic (exact) mass is 187 g/mol. The van der Waals surface area contributed by atoms with Crippen molar-refractivity contribution in [3.63, 3.8) is 0 Å². The molecule has 0 aromatic rings. The van der Waals surface area contributed by atoms with Crippen LogP contribution < -0.4 is 5.32 Å². The average molecular weight is 187 g/mol. The summed E-state index contributed by atoms with van der Waals surface area (Å²) in [6.07, 6.45) is 0.689. The molecule has 1 unspecified atom stereocenters. The summed E-state index contributed by atoms with van der Waals surface area (Å²) in [4.78, 5) is 11.5. The summed E-state index contributed by atoms with van der Waals surface area (Å²) in [7, 11) is 0. The smallest absolute Gasteiger partial charge is 0.323 e. The molecule has 4 heteroatoms. The largest absolute Gasteiger partial charge is 0.459 e. The first-order valence-electron chi connectivity index (χ1n) is 4.53. The van der Waals surface area contributed by atoms with E-state index < -0.39 is 5.60 Å². The van der Waals surface area contributed by atoms with Gasteiger partial charge in [0.25, 0.3) is 0 Å². The highest BCUT2D eigenvalue weighted by Gasteiger charge is 2.26. The van der Waals surface area contributed by atoms with E-state index in [1.54, 1.807) is 0 Å². The van der Waals surface area contributed by atoms with Gasteiger partial charge in [0.1, 0.15) is 11.6 Å². The van der Waals surface area contributed by atoms with Crippen LogP contribution in [0.1, 0.15) is 27.2 Å². The summed E-state index contributed by atoms with van der Waals surface area (Å²) >= 11 is 0. The molecule has 1 aliphatic heterocycles. The molecule has 0 radical (unpaired) electrons. The van der Waals surface area contributed by atoms with Gasteiger partial charge in [-0.3, -0.25) is 10.1 Å². The molecular weight excluding hydrogens is 170 g/mol. The van der Waals surface area contributed by atoms with Crippen LogP contribution in [0, 0.1) is 0 Å². The minimum atomic E-state index is -0.406. The first-order chi connectivity index (χ1) is 5.99. The fourth-order valence-corrected chi connectivity index (χ4v) is 1.11. The summed E-state index contributed by atoms with van der Waals surface area (Å²) in [5.74, 6) is -0.184. The summed E-state index contributed by atoms with van der Waals surface area (Å²) < 4.78 is 10.3. The zero-order valence-electron chi connectivity index (χ0n) is 8.42. The van der Waals surface area contributed by atoms with Crippen LogP contribution in [-0.4, -0.2) is 30.9 Å². The van der Waals surface area contributed by atoms with Gasteiger partial charge in [-0.15, -0.1) is 0 Å². The van der Waals surface area contributed by atoms with Crippen molar-refractivity contribution in [2.75, 3.05) is 13.3 Å². The molecule has 13 heavy (non-hydrogen) atoms. The first kappa shape index (κ1) is 10.5. The molecule has 0 aromatic heterocycles. The lowest BCUT2D eigenvalue weighted by molar-refractivity contribution is -0.160. The van der Waals surface area contributed by atoms with Gasteiger partial charge in [-0.1, -0.05) is 0 Å². The Kier molecular flexibility index (Phi) is 3.27. The van der Waals surface area contributed by atoms with Crippen molar-refractivity contribution in [1.29, 1.82) is 0 Å². The van der Waals surface area contributed by atoms with Crippen LogP contribution >= 0.6 is 0 Å². The summed E-state index contributed by atoms with van der Waals surface area (Å²) in [5.41, 5.74) is -0.406. The van der Waals surface area contributed by atoms with E-state index in [-0.39, 0.29) is 12.0 Å². The lowest BCUT2D eigenvalue weighted by atomic mass is 10.1. The van der Waals surface area contributed by atoms with Crippen molar-refractivity contribution < 1.29 is 14.3 Å². The number of ether oxygens (including phenoxy) is 2. The third-order valence-electron chi connectivity index (χ3n) is 1.67. The van der Waals surface area contributed by atoms with Gasteiger partial charge in [0.05, 0.1) is 13.3 Å². The van der Waals surface area contributed by atoms with Gasteiger partial charge in [0.2, 0.25) is 0 Å². The first-order valence-corrected chi connectivity index (χ1v) is 4.53. The van der Waals surface area contributed by atoms with Gasteiger partial charge >= 0.3 is 5.97 Å². The lowest BCUT2D eigenvalue weighted by Crippen LogP contribution is -2.45. The lowest BCUT2D eigenvalue weighted by Gasteiger charge is -2.26. The second-order valence-corrected chi connectivity index (χ2v) is 4.13. The molecule has 1 heterocycles. The standard InChI is InChI=1S/C9H17NO3/c1-9(2,3)13-8(11)7-4-5-12-6-10-7/h7,10H,4-6H2,1-3H3. The fourth-order valence-electron chi connectivity index (χ4n) is 1.11. The van der Waals surface area contributed by atoms with Crippen molar-refractivity contribution in [2.24, 2.45) is 0 Å². The molecule has 4 nitrogen and oxygen atoms in total. The van der Waals surface area contributed by atoms with E-state index in [2.05, 4.69) is 5.32 Å². The van der Waals surface area contributed by atoms with Gasteiger partial charge in [0, 0.05) is 0 Å². The Hall–Kier alpha value is -0.610. The highest BCUT2D eigenvalue weighted by molar-refractivity contribution is 5.76. The van der Waals surface area contributed by atoms with E-state index in [0.29, 0.717) is 19.8 Å². The molecular formula is C9H17NO3. The fraction of sp³-hybridized carbons (Fsp3) is 0.889. The van der Waals surface area contributed by atoms with E-state index in [1.807, 2.05) is 20.8 Å². The van der Waals surface area contributed by atoms with Crippen LogP contribution in [0.5, 0.6) is 0 Å². The predicted molar refractivity (Wildman–Crippen MR) is 48.2 cm³/mol. The van der Waals surface area contributed by atoms with Crippen molar-refractivity contribution in [2.45, 2.75) is 38.8 Å². The number of carbonyl (C=O) groups excluding carboxylic acids is 1. The van der Waals surface area contributed by atoms with Crippen molar-refractivity contribution in [3.8, 4) is 0 Å². The van der Waals surface area contributed by atoms with Crippen LogP contribution in [-0.2, 0) is 14.3 Å². The zero-order chi connectivity index (χ0) is 9.90. The topological polar surface area (TPSA) is 47.6 Å². The molecule has 0 amide bonds. The van der Waals surface area contributed by atoms with Crippen LogP contribution in [0.2, 0.25) is 0 Å². The number of hydrogen-bond donors (Lipinski definition) is 1. The number of nitrogens with one attached hydrogen (secondary N) is 1. The van der Waals surface area contributed by atoms with Crippen LogP contribution in [0.4, 0.5) is 0 Å². The van der Waals surface area contributed by atoms with Gasteiger partial charge < -0.3 is 9.47 Å². The molecule has 0 spiro atoms. The summed E-state index contributed by atoms with van der Waals surface area (Å²) in [5, 5.41) is 2.94. The van der Waals surface area contributed by atoms with Gasteiger partial charge in [0.15, 0.2) is 0 Å². The molecule has 0 saturated carbocycles. The summed E-state index contributed by atoms with van der Waals surface area (Å²) in [6, 6.07) is -0.201. The number of hydrogen-bond acceptors (Lipinski definition) is 4. The van der Waals surface area contributed by atoms with Crippen LogP contribution in [0.3, 0.4) is 0 Å². The Morgan fingerprint density at radius 2 is 2.23 bits per heavy atom. The third-order valence-corrected chi connectivity index (χ3v) is 1.67. The maximum Gasteiger partial charge on any atom is 0.323 e. The van der Waals surface area contributed by atoms with Crippen LogP contribution in [0.25, 0.3) is 0 Å². The maximum atomic E-state index is 11.5. The molecule has 76 valence electrons. The maximum absolute atomic E-state index is 11.5. The number of carbonyl (C=O) groups is 1. The number of rotatable bonds is 1. The molecule has 1 N–H and O–H groups in total. The average Bonchev–Trinajstić information content (AvgIpc) is 2.03. The molecule has 1 rings (SSSR count). The molecule has 1 aliphatic rings. The summed E-state index contributed by atoms with van der Waals surface area (Å²) in [6.45, 7) is 6.65. The molecule has 0 aromatic carbocycles. The van der Waals surface area contributed by atoms with Crippen LogP contribution in [0.15, 0.2) is 0 Å². The third kappa shape index (κ3) is 3.74. The molecule has 0 bridgehead atoms. The number of esters is 1. The van der Waals surface area contributed by atoms with Crippen molar-refractivity contribution in [1.82, 2.24) is 5.32 Å². The second kappa shape index (κ2) is 4.07. The van der Waals surface area contributed by atoms with E-state index in [1.165, 1.54) is 0 Å². The van der Waals surface area contributed by atoms with E-state index in [0.717, 1.165) is 0 Å². The zero-order valence-corrected chi connectivity index (χ0v) is 8.42. The van der Waals surface area contributed by atoms with Gasteiger partial charge in [-0.05, 0) is 27.2 Å². The highest BCUT2D eigenvalue weighted by Crippen LogP contribution is 2.10. The van der Waals surface area contributed by atoms with E-state index >= 15 is 0 Å². The molecule has 1 atom stereocenters. The van der Waals surface area contributed by atoms with Gasteiger partial charge in [-0.2, -0.15) is 0 Å². The minimum absolute atomic E-state index is 0.184. The second-order valence-electron chi connectivity index (χ2n) is 4.13. The molecule has 1 fully saturated rings. The molecule has 0 aliphatic carbocycles. The quantitative estimate of drug-likeness (QED) is 0.613. The predicted octanol–water partition coefficient (Wildman–Crippen LogP) is 0.664. The van der Waals surface area contributed by atoms with E-state index in [9.17, 15) is 4.79 Å². The Morgan fingerprint density at radius 3 is 2.69 bits per heavy atom. The Balaban J connectivity index is 2.38. The highest BCUT2D eigenvalue weighted by atomic mass is 16.6. The van der Waals surface area contributed by atoms with Crippen molar-refractivity contribution >= 4 is 5.97 Å². The normalized spacial score (nSPS) is 24.1. The Morgan fingerprint density at radius 1 is 1.54 bits per heavy atom. The SMILES string of the molecule is CC(C)(C)OC(=O)C1CCOCN1. The Labute approximate surface area is 78.6 Å². The van der Waals surface area contributed by atoms with Crippen molar-refractivity contribution in [3.05, 3.63) is 0 Å².